The Morgan fingerprint density at radius 1 is 1.37 bits per heavy atom. The smallest absolute Gasteiger partial charge is 0.242 e. The first-order chi connectivity index (χ1) is 12.2. The van der Waals surface area contributed by atoms with E-state index in [0.29, 0.717) is 24.8 Å². The van der Waals surface area contributed by atoms with Crippen LogP contribution < -0.4 is 10.6 Å². The van der Waals surface area contributed by atoms with Crippen molar-refractivity contribution in [3.8, 4) is 0 Å². The molecule has 1 aromatic rings. The Labute approximate surface area is 177 Å². The van der Waals surface area contributed by atoms with Crippen molar-refractivity contribution >= 4 is 41.8 Å². The maximum atomic E-state index is 12.6. The van der Waals surface area contributed by atoms with Gasteiger partial charge in [-0.15, -0.1) is 24.0 Å². The number of nitrogens with zero attached hydrogens (tertiary/aromatic N) is 3. The van der Waals surface area contributed by atoms with E-state index < -0.39 is 0 Å². The molecule has 2 rings (SSSR count). The van der Waals surface area contributed by atoms with Crippen LogP contribution in [0.5, 0.6) is 0 Å². The first-order valence-electron chi connectivity index (χ1n) is 8.81. The summed E-state index contributed by atoms with van der Waals surface area (Å²) in [7, 11) is 1.65. The quantitative estimate of drug-likeness (QED) is 0.370. The fourth-order valence-electron chi connectivity index (χ4n) is 3.47. The van der Waals surface area contributed by atoms with Crippen LogP contribution in [0.3, 0.4) is 0 Å². The Hall–Kier alpha value is -1.78. The molecule has 2 N–H and O–H groups in total. The van der Waals surface area contributed by atoms with Crippen molar-refractivity contribution < 1.29 is 14.0 Å². The lowest BCUT2D eigenvalue weighted by Gasteiger charge is -2.49. The van der Waals surface area contributed by atoms with Crippen molar-refractivity contribution in [3.63, 3.8) is 0 Å². The zero-order valence-corrected chi connectivity index (χ0v) is 18.9. The minimum Gasteiger partial charge on any atom is -0.467 e. The molecule has 0 atom stereocenters. The molecular weight excluding hydrogens is 461 g/mol. The van der Waals surface area contributed by atoms with Gasteiger partial charge in [-0.05, 0) is 39.8 Å². The molecule has 27 heavy (non-hydrogen) atoms. The van der Waals surface area contributed by atoms with Crippen LogP contribution in [-0.4, -0.2) is 65.8 Å². The number of guanidine groups is 1. The minimum atomic E-state index is -0.317. The van der Waals surface area contributed by atoms with Gasteiger partial charge in [0.2, 0.25) is 11.8 Å². The van der Waals surface area contributed by atoms with E-state index in [2.05, 4.69) is 15.6 Å². The van der Waals surface area contributed by atoms with Gasteiger partial charge in [0, 0.05) is 19.6 Å². The topological polar surface area (TPSA) is 90.2 Å². The van der Waals surface area contributed by atoms with Crippen LogP contribution >= 0.6 is 24.0 Å². The highest BCUT2D eigenvalue weighted by Crippen LogP contribution is 2.24. The number of furan rings is 1. The van der Waals surface area contributed by atoms with Gasteiger partial charge in [0.1, 0.15) is 5.76 Å². The molecule has 1 fully saturated rings. The van der Waals surface area contributed by atoms with Crippen LogP contribution in [0.2, 0.25) is 0 Å². The summed E-state index contributed by atoms with van der Waals surface area (Å²) in [6.07, 6.45) is 1.57. The number of amides is 2. The van der Waals surface area contributed by atoms with Crippen molar-refractivity contribution in [2.45, 2.75) is 45.8 Å². The lowest BCUT2D eigenvalue weighted by Crippen LogP contribution is -2.66. The van der Waals surface area contributed by atoms with Gasteiger partial charge in [-0.3, -0.25) is 14.6 Å². The summed E-state index contributed by atoms with van der Waals surface area (Å²) in [5.74, 6) is 1.12. The fourth-order valence-corrected chi connectivity index (χ4v) is 3.47. The number of hydrogen-bond donors (Lipinski definition) is 2. The number of aliphatic imine (C=N–C) groups is 1. The zero-order chi connectivity index (χ0) is 19.3. The van der Waals surface area contributed by atoms with E-state index in [1.165, 1.54) is 0 Å². The second kappa shape index (κ2) is 9.95. The fraction of sp³-hybridized carbons (Fsp3) is 0.611. The molecule has 1 aliphatic rings. The van der Waals surface area contributed by atoms with Crippen LogP contribution in [0.15, 0.2) is 27.8 Å². The van der Waals surface area contributed by atoms with E-state index in [-0.39, 0.29) is 60.5 Å². The average molecular weight is 491 g/mol. The average Bonchev–Trinajstić information content (AvgIpc) is 3.05. The third kappa shape index (κ3) is 6.12. The largest absolute Gasteiger partial charge is 0.467 e. The summed E-state index contributed by atoms with van der Waals surface area (Å²) in [5, 5.41) is 5.80. The van der Waals surface area contributed by atoms with Crippen molar-refractivity contribution in [1.29, 1.82) is 0 Å². The summed E-state index contributed by atoms with van der Waals surface area (Å²) >= 11 is 0. The summed E-state index contributed by atoms with van der Waals surface area (Å²) in [4.78, 5) is 32.6. The lowest BCUT2D eigenvalue weighted by molar-refractivity contribution is -0.145. The monoisotopic (exact) mass is 491 g/mol. The number of carbonyl (C=O) groups excluding carboxylic acids is 2. The van der Waals surface area contributed by atoms with Gasteiger partial charge in [0.05, 0.1) is 31.4 Å². The Morgan fingerprint density at radius 2 is 2.07 bits per heavy atom. The zero-order valence-electron chi connectivity index (χ0n) is 16.6. The van der Waals surface area contributed by atoms with Crippen LogP contribution in [0, 0.1) is 0 Å². The van der Waals surface area contributed by atoms with Crippen molar-refractivity contribution in [1.82, 2.24) is 20.4 Å². The Balaban J connectivity index is 0.00000364. The molecule has 1 saturated heterocycles. The molecule has 0 saturated carbocycles. The molecule has 0 bridgehead atoms. The molecule has 0 radical (unpaired) electrons. The highest BCUT2D eigenvalue weighted by molar-refractivity contribution is 14.0. The predicted molar refractivity (Wildman–Crippen MR) is 115 cm³/mol. The van der Waals surface area contributed by atoms with Gasteiger partial charge in [-0.2, -0.15) is 0 Å². The maximum absolute atomic E-state index is 12.6. The molecule has 1 aliphatic heterocycles. The van der Waals surface area contributed by atoms with Gasteiger partial charge >= 0.3 is 0 Å². The molecular formula is C18H30IN5O3. The normalized spacial score (nSPS) is 17.0. The highest BCUT2D eigenvalue weighted by atomic mass is 127. The number of rotatable bonds is 5. The molecule has 0 unspecified atom stereocenters. The number of halogens is 1. The lowest BCUT2D eigenvalue weighted by atomic mass is 9.96. The molecule has 2 amide bonds. The molecule has 9 heteroatoms. The SMILES string of the molecule is CN=C(NCC(=O)NCc1ccco1)N1CC(=O)N(C(C)C)C(C)(C)C1.I. The standard InChI is InChI=1S/C18H29N5O3.HI/c1-13(2)23-16(25)11-22(12-18(23,3)4)17(19-5)21-10-15(24)20-9-14-7-6-8-26-14;/h6-8,13H,9-12H2,1-5H3,(H,19,21)(H,20,24);1H. The first kappa shape index (κ1) is 23.3. The van der Waals surface area contributed by atoms with E-state index in [1.54, 1.807) is 25.4 Å². The number of carbonyl (C=O) groups is 2. The molecule has 0 aliphatic carbocycles. The van der Waals surface area contributed by atoms with Gasteiger partial charge in [0.15, 0.2) is 5.96 Å². The predicted octanol–water partition coefficient (Wildman–Crippen LogP) is 1.42. The molecule has 0 aromatic carbocycles. The van der Waals surface area contributed by atoms with E-state index in [9.17, 15) is 9.59 Å². The second-order valence-electron chi connectivity index (χ2n) is 7.28. The molecule has 2 heterocycles. The van der Waals surface area contributed by atoms with Crippen LogP contribution in [0.1, 0.15) is 33.5 Å². The third-order valence-electron chi connectivity index (χ3n) is 4.30. The summed E-state index contributed by atoms with van der Waals surface area (Å²) in [6, 6.07) is 3.72. The number of piperazine rings is 1. The molecule has 0 spiro atoms. The maximum Gasteiger partial charge on any atom is 0.242 e. The molecule has 8 nitrogen and oxygen atoms in total. The second-order valence-corrected chi connectivity index (χ2v) is 7.28. The van der Waals surface area contributed by atoms with Gasteiger partial charge in [0.25, 0.3) is 0 Å². The molecule has 152 valence electrons. The van der Waals surface area contributed by atoms with E-state index in [4.69, 9.17) is 4.42 Å². The third-order valence-corrected chi connectivity index (χ3v) is 4.30. The summed E-state index contributed by atoms with van der Waals surface area (Å²) in [5.41, 5.74) is -0.317. The van der Waals surface area contributed by atoms with Crippen LogP contribution in [0.4, 0.5) is 0 Å². The van der Waals surface area contributed by atoms with E-state index in [0.717, 1.165) is 0 Å². The van der Waals surface area contributed by atoms with Crippen LogP contribution in [-0.2, 0) is 16.1 Å². The van der Waals surface area contributed by atoms with Crippen LogP contribution in [0.25, 0.3) is 0 Å². The van der Waals surface area contributed by atoms with Crippen molar-refractivity contribution in [2.24, 2.45) is 4.99 Å². The minimum absolute atomic E-state index is 0. The van der Waals surface area contributed by atoms with Crippen molar-refractivity contribution in [3.05, 3.63) is 24.2 Å². The van der Waals surface area contributed by atoms with E-state index >= 15 is 0 Å². The Kier molecular flexibility index (Phi) is 8.58. The number of nitrogens with one attached hydrogen (secondary N) is 2. The van der Waals surface area contributed by atoms with Gasteiger partial charge < -0.3 is 24.9 Å². The Morgan fingerprint density at radius 3 is 2.59 bits per heavy atom. The first-order valence-corrected chi connectivity index (χ1v) is 8.81. The van der Waals surface area contributed by atoms with E-state index in [1.807, 2.05) is 37.5 Å². The highest BCUT2D eigenvalue weighted by Gasteiger charge is 2.40. The van der Waals surface area contributed by atoms with Gasteiger partial charge in [-0.1, -0.05) is 0 Å². The summed E-state index contributed by atoms with van der Waals surface area (Å²) < 4.78 is 5.18. The van der Waals surface area contributed by atoms with Gasteiger partial charge in [-0.25, -0.2) is 0 Å². The summed E-state index contributed by atoms with van der Waals surface area (Å²) in [6.45, 7) is 9.43. The number of hydrogen-bond acceptors (Lipinski definition) is 4. The van der Waals surface area contributed by atoms with Crippen molar-refractivity contribution in [2.75, 3.05) is 26.7 Å². The Bertz CT molecular complexity index is 658. The molecule has 1 aromatic heterocycles.